The first-order chi connectivity index (χ1) is 9.28. The number of hydrogen-bond donors (Lipinski definition) is 1. The van der Waals surface area contributed by atoms with Gasteiger partial charge in [0, 0.05) is 28.8 Å². The summed E-state index contributed by atoms with van der Waals surface area (Å²) in [6, 6.07) is 9.62. The maximum Gasteiger partial charge on any atom is 0.124 e. The monoisotopic (exact) mass is 277 g/mol. The van der Waals surface area contributed by atoms with Crippen LogP contribution in [0.3, 0.4) is 0 Å². The van der Waals surface area contributed by atoms with Crippen LogP contribution in [-0.4, -0.2) is 24.2 Å². The van der Waals surface area contributed by atoms with Crippen LogP contribution in [0.5, 0.6) is 5.75 Å². The summed E-state index contributed by atoms with van der Waals surface area (Å²) in [5.74, 6) is 1.61. The van der Waals surface area contributed by atoms with Gasteiger partial charge in [0.05, 0.1) is 6.61 Å². The second-order valence-corrected chi connectivity index (χ2v) is 6.98. The van der Waals surface area contributed by atoms with Gasteiger partial charge < -0.3 is 10.1 Å². The molecule has 3 heteroatoms. The molecule has 1 saturated carbocycles. The Kier molecular flexibility index (Phi) is 4.04. The molecule has 4 atom stereocenters. The number of ether oxygens (including phenoxy) is 1. The van der Waals surface area contributed by atoms with Crippen molar-refractivity contribution in [3.05, 3.63) is 29.8 Å². The van der Waals surface area contributed by atoms with Crippen molar-refractivity contribution in [2.45, 2.75) is 43.5 Å². The van der Waals surface area contributed by atoms with Gasteiger partial charge in [-0.15, -0.1) is 0 Å². The molecule has 1 aromatic carbocycles. The highest BCUT2D eigenvalue weighted by atomic mass is 32.2. The van der Waals surface area contributed by atoms with Gasteiger partial charge in [0.25, 0.3) is 0 Å². The van der Waals surface area contributed by atoms with Gasteiger partial charge in [0.15, 0.2) is 0 Å². The lowest BCUT2D eigenvalue weighted by atomic mass is 9.91. The lowest BCUT2D eigenvalue weighted by Crippen LogP contribution is -2.39. The molecule has 4 unspecified atom stereocenters. The van der Waals surface area contributed by atoms with Crippen molar-refractivity contribution in [2.75, 3.05) is 12.9 Å². The summed E-state index contributed by atoms with van der Waals surface area (Å²) in [5, 5.41) is 4.74. The molecular weight excluding hydrogens is 254 g/mol. The Morgan fingerprint density at radius 2 is 2.11 bits per heavy atom. The number of para-hydroxylation sites is 1. The van der Waals surface area contributed by atoms with Crippen LogP contribution < -0.4 is 10.1 Å². The zero-order chi connectivity index (χ0) is 13.2. The Morgan fingerprint density at radius 1 is 1.26 bits per heavy atom. The Morgan fingerprint density at radius 3 is 2.89 bits per heavy atom. The highest BCUT2D eigenvalue weighted by Crippen LogP contribution is 2.37. The lowest BCUT2D eigenvalue weighted by molar-refractivity contribution is 0.180. The SMILES string of the molecule is CSC1CCC(NC2c3ccccc3OCC2C)C1. The molecule has 2 aliphatic rings. The first-order valence-electron chi connectivity index (χ1n) is 7.28. The second-order valence-electron chi connectivity index (χ2n) is 5.84. The van der Waals surface area contributed by atoms with Crippen molar-refractivity contribution in [1.82, 2.24) is 5.32 Å². The van der Waals surface area contributed by atoms with E-state index in [4.69, 9.17) is 4.74 Å². The van der Waals surface area contributed by atoms with Crippen LogP contribution >= 0.6 is 11.8 Å². The number of benzene rings is 1. The van der Waals surface area contributed by atoms with Crippen LogP contribution in [0, 0.1) is 5.92 Å². The molecule has 0 radical (unpaired) electrons. The molecule has 3 rings (SSSR count). The van der Waals surface area contributed by atoms with Crippen molar-refractivity contribution in [3.8, 4) is 5.75 Å². The zero-order valence-electron chi connectivity index (χ0n) is 11.8. The lowest BCUT2D eigenvalue weighted by Gasteiger charge is -2.34. The topological polar surface area (TPSA) is 21.3 Å². The fourth-order valence-electron chi connectivity index (χ4n) is 3.31. The normalized spacial score (nSPS) is 33.8. The van der Waals surface area contributed by atoms with Gasteiger partial charge in [-0.05, 0) is 31.6 Å². The third-order valence-corrected chi connectivity index (χ3v) is 5.55. The molecule has 0 aromatic heterocycles. The highest BCUT2D eigenvalue weighted by molar-refractivity contribution is 7.99. The summed E-state index contributed by atoms with van der Waals surface area (Å²) >= 11 is 2.02. The molecule has 0 spiro atoms. The van der Waals surface area contributed by atoms with Crippen molar-refractivity contribution >= 4 is 11.8 Å². The highest BCUT2D eigenvalue weighted by Gasteiger charge is 2.32. The number of nitrogens with one attached hydrogen (secondary N) is 1. The van der Waals surface area contributed by atoms with Gasteiger partial charge in [0.1, 0.15) is 5.75 Å². The standard InChI is InChI=1S/C16H23NOS/c1-11-10-18-15-6-4-3-5-14(15)16(11)17-12-7-8-13(9-12)19-2/h3-6,11-13,16-17H,7-10H2,1-2H3. The maximum absolute atomic E-state index is 5.83. The fourth-order valence-corrected chi connectivity index (χ4v) is 4.10. The zero-order valence-corrected chi connectivity index (χ0v) is 12.6. The molecular formula is C16H23NOS. The van der Waals surface area contributed by atoms with E-state index < -0.39 is 0 Å². The first-order valence-corrected chi connectivity index (χ1v) is 8.57. The van der Waals surface area contributed by atoms with Crippen LogP contribution in [0.2, 0.25) is 0 Å². The number of fused-ring (bicyclic) bond motifs is 1. The quantitative estimate of drug-likeness (QED) is 0.911. The van der Waals surface area contributed by atoms with Crippen LogP contribution in [-0.2, 0) is 0 Å². The Balaban J connectivity index is 1.73. The van der Waals surface area contributed by atoms with E-state index in [9.17, 15) is 0 Å². The van der Waals surface area contributed by atoms with E-state index in [1.54, 1.807) is 0 Å². The fraction of sp³-hybridized carbons (Fsp3) is 0.625. The predicted molar refractivity (Wildman–Crippen MR) is 81.9 cm³/mol. The molecule has 0 saturated heterocycles. The summed E-state index contributed by atoms with van der Waals surface area (Å²) in [4.78, 5) is 0. The predicted octanol–water partition coefficient (Wildman–Crippen LogP) is 3.63. The van der Waals surface area contributed by atoms with Gasteiger partial charge in [-0.3, -0.25) is 0 Å². The largest absolute Gasteiger partial charge is 0.493 e. The van der Waals surface area contributed by atoms with E-state index in [-0.39, 0.29) is 0 Å². The summed E-state index contributed by atoms with van der Waals surface area (Å²) in [6.45, 7) is 3.11. The molecule has 0 amide bonds. The van der Waals surface area contributed by atoms with E-state index >= 15 is 0 Å². The second kappa shape index (κ2) is 5.76. The molecule has 2 nitrogen and oxygen atoms in total. The summed E-state index contributed by atoms with van der Waals surface area (Å²) in [6.07, 6.45) is 6.22. The van der Waals surface area contributed by atoms with Crippen molar-refractivity contribution < 1.29 is 4.74 Å². The maximum atomic E-state index is 5.83. The minimum Gasteiger partial charge on any atom is -0.493 e. The average Bonchev–Trinajstić information content (AvgIpc) is 2.90. The summed E-state index contributed by atoms with van der Waals surface area (Å²) in [5.41, 5.74) is 1.34. The Bertz CT molecular complexity index is 437. The van der Waals surface area contributed by atoms with Gasteiger partial charge in [-0.1, -0.05) is 25.1 Å². The summed E-state index contributed by atoms with van der Waals surface area (Å²) < 4.78 is 5.83. The van der Waals surface area contributed by atoms with Gasteiger partial charge >= 0.3 is 0 Å². The smallest absolute Gasteiger partial charge is 0.124 e. The van der Waals surface area contributed by atoms with Crippen molar-refractivity contribution in [1.29, 1.82) is 0 Å². The minimum absolute atomic E-state index is 0.454. The average molecular weight is 277 g/mol. The number of hydrogen-bond acceptors (Lipinski definition) is 3. The number of thioether (sulfide) groups is 1. The van der Waals surface area contributed by atoms with Crippen LogP contribution in [0.1, 0.15) is 37.8 Å². The van der Waals surface area contributed by atoms with E-state index in [1.165, 1.54) is 24.8 Å². The molecule has 1 N–H and O–H groups in total. The minimum atomic E-state index is 0.454. The van der Waals surface area contributed by atoms with Gasteiger partial charge in [-0.25, -0.2) is 0 Å². The third kappa shape index (κ3) is 2.77. The van der Waals surface area contributed by atoms with E-state index in [0.29, 0.717) is 18.0 Å². The first kappa shape index (κ1) is 13.3. The van der Waals surface area contributed by atoms with E-state index in [1.807, 2.05) is 11.8 Å². The van der Waals surface area contributed by atoms with Crippen LogP contribution in [0.4, 0.5) is 0 Å². The molecule has 1 heterocycles. The summed E-state index contributed by atoms with van der Waals surface area (Å²) in [7, 11) is 0. The van der Waals surface area contributed by atoms with Crippen molar-refractivity contribution in [2.24, 2.45) is 5.92 Å². The molecule has 1 fully saturated rings. The van der Waals surface area contributed by atoms with Gasteiger partial charge in [-0.2, -0.15) is 11.8 Å². The molecule has 19 heavy (non-hydrogen) atoms. The molecule has 0 bridgehead atoms. The van der Waals surface area contributed by atoms with E-state index in [0.717, 1.165) is 17.6 Å². The third-order valence-electron chi connectivity index (χ3n) is 4.46. The van der Waals surface area contributed by atoms with Crippen molar-refractivity contribution in [3.63, 3.8) is 0 Å². The molecule has 1 aliphatic carbocycles. The molecule has 1 aromatic rings. The van der Waals surface area contributed by atoms with Crippen LogP contribution in [0.25, 0.3) is 0 Å². The molecule has 104 valence electrons. The Hall–Kier alpha value is -0.670. The van der Waals surface area contributed by atoms with Gasteiger partial charge in [0.2, 0.25) is 0 Å². The van der Waals surface area contributed by atoms with Crippen LogP contribution in [0.15, 0.2) is 24.3 Å². The molecule has 1 aliphatic heterocycles. The Labute approximate surface area is 120 Å². The number of rotatable bonds is 3. The van der Waals surface area contributed by atoms with E-state index in [2.05, 4.69) is 42.8 Å².